The Morgan fingerprint density at radius 2 is 2.43 bits per heavy atom. The first-order valence-corrected chi connectivity index (χ1v) is 4.25. The van der Waals surface area contributed by atoms with E-state index in [4.69, 9.17) is 0 Å². The minimum absolute atomic E-state index is 0.880. The third kappa shape index (κ3) is 3.12. The van der Waals surface area contributed by atoms with Gasteiger partial charge in [0.15, 0.2) is 0 Å². The number of nitrogens with zero attached hydrogens (tertiary/aromatic N) is 1. The fourth-order valence-electron chi connectivity index (χ4n) is 0.206. The summed E-state index contributed by atoms with van der Waals surface area (Å²) in [7, 11) is 1.80. The quantitative estimate of drug-likeness (QED) is 0.342. The van der Waals surface area contributed by atoms with Crippen LogP contribution in [0.25, 0.3) is 0 Å². The van der Waals surface area contributed by atoms with E-state index >= 15 is 0 Å². The van der Waals surface area contributed by atoms with E-state index in [-0.39, 0.29) is 0 Å². The molecule has 0 N–H and O–H groups in total. The zero-order valence-electron chi connectivity index (χ0n) is 4.44. The second-order valence-electron chi connectivity index (χ2n) is 0.955. The van der Waals surface area contributed by atoms with Gasteiger partial charge in [-0.15, -0.1) is 11.8 Å². The molecule has 0 aromatic rings. The Morgan fingerprint density at radius 3 is 2.43 bits per heavy atom. The molecule has 3 heteroatoms. The van der Waals surface area contributed by atoms with Gasteiger partial charge in [0.05, 0.1) is 10.4 Å². The lowest BCUT2D eigenvalue weighted by Gasteiger charge is -1.90. The molecule has 0 heterocycles. The largest absolute Gasteiger partial charge is 0.285 e. The van der Waals surface area contributed by atoms with Crippen LogP contribution in [0.1, 0.15) is 0 Å². The molecule has 1 nitrogen and oxygen atoms in total. The predicted molar refractivity (Wildman–Crippen MR) is 40.7 cm³/mol. The zero-order chi connectivity index (χ0) is 5.70. The summed E-state index contributed by atoms with van der Waals surface area (Å²) in [5.41, 5.74) is 0. The monoisotopic (exact) mass is 181 g/mol. The minimum atomic E-state index is 0.880. The van der Waals surface area contributed by atoms with Gasteiger partial charge in [-0.3, -0.25) is 4.99 Å². The van der Waals surface area contributed by atoms with E-state index in [1.165, 1.54) is 0 Å². The smallest absolute Gasteiger partial charge is 0.0775 e. The molecular weight excluding hydrogens is 174 g/mol. The molecule has 0 radical (unpaired) electrons. The zero-order valence-corrected chi connectivity index (χ0v) is 6.84. The van der Waals surface area contributed by atoms with E-state index in [0.717, 1.165) is 10.4 Å². The highest BCUT2D eigenvalue weighted by Crippen LogP contribution is 1.99. The molecule has 0 saturated carbocycles. The molecule has 42 valence electrons. The second-order valence-corrected chi connectivity index (χ2v) is 2.40. The van der Waals surface area contributed by atoms with Gasteiger partial charge in [0.2, 0.25) is 0 Å². The standard InChI is InChI=1S/C4H8BrNS/c1-6-4(3-5)7-2/h3H2,1-2H3. The molecule has 0 saturated heterocycles. The third-order valence-electron chi connectivity index (χ3n) is 0.599. The van der Waals surface area contributed by atoms with Crippen molar-refractivity contribution in [2.45, 2.75) is 0 Å². The van der Waals surface area contributed by atoms with Gasteiger partial charge >= 0.3 is 0 Å². The van der Waals surface area contributed by atoms with Crippen LogP contribution in [-0.2, 0) is 0 Å². The van der Waals surface area contributed by atoms with Crippen LogP contribution in [0.3, 0.4) is 0 Å². The Labute approximate surface area is 56.7 Å². The molecule has 0 aliphatic rings. The molecular formula is C4H8BrNS. The SMILES string of the molecule is CN=C(CBr)SC. The molecule has 0 bridgehead atoms. The van der Waals surface area contributed by atoms with Crippen molar-refractivity contribution in [1.29, 1.82) is 0 Å². The lowest BCUT2D eigenvalue weighted by Crippen LogP contribution is -1.89. The van der Waals surface area contributed by atoms with E-state index in [2.05, 4.69) is 20.9 Å². The molecule has 0 unspecified atom stereocenters. The Bertz CT molecular complexity index is 66.1. The fourth-order valence-corrected chi connectivity index (χ4v) is 1.43. The highest BCUT2D eigenvalue weighted by Gasteiger charge is 1.86. The van der Waals surface area contributed by atoms with E-state index in [9.17, 15) is 0 Å². The van der Waals surface area contributed by atoms with Gasteiger partial charge < -0.3 is 0 Å². The number of alkyl halides is 1. The molecule has 0 aliphatic carbocycles. The van der Waals surface area contributed by atoms with Crippen molar-refractivity contribution in [2.24, 2.45) is 4.99 Å². The molecule has 0 fully saturated rings. The number of rotatable bonds is 1. The third-order valence-corrected chi connectivity index (χ3v) is 2.30. The van der Waals surface area contributed by atoms with Crippen molar-refractivity contribution < 1.29 is 0 Å². The first-order chi connectivity index (χ1) is 3.35. The van der Waals surface area contributed by atoms with Crippen molar-refractivity contribution in [2.75, 3.05) is 18.6 Å². The van der Waals surface area contributed by atoms with Crippen LogP contribution in [0.15, 0.2) is 4.99 Å². The Hall–Kier alpha value is 0.500. The first-order valence-electron chi connectivity index (χ1n) is 1.90. The molecule has 0 aromatic carbocycles. The fraction of sp³-hybridized carbons (Fsp3) is 0.750. The van der Waals surface area contributed by atoms with Crippen LogP contribution < -0.4 is 0 Å². The Balaban J connectivity index is 3.38. The predicted octanol–water partition coefficient (Wildman–Crippen LogP) is 1.77. The van der Waals surface area contributed by atoms with Gasteiger partial charge in [-0.2, -0.15) is 0 Å². The summed E-state index contributed by atoms with van der Waals surface area (Å²) in [6, 6.07) is 0. The van der Waals surface area contributed by atoms with Crippen molar-refractivity contribution in [3.63, 3.8) is 0 Å². The number of hydrogen-bond donors (Lipinski definition) is 0. The van der Waals surface area contributed by atoms with Gasteiger partial charge in [0, 0.05) is 7.05 Å². The van der Waals surface area contributed by atoms with Crippen molar-refractivity contribution in [3.8, 4) is 0 Å². The summed E-state index contributed by atoms with van der Waals surface area (Å²) >= 11 is 4.96. The number of hydrogen-bond acceptors (Lipinski definition) is 2. The van der Waals surface area contributed by atoms with Gasteiger partial charge in [-0.1, -0.05) is 15.9 Å². The first kappa shape index (κ1) is 7.50. The lowest BCUT2D eigenvalue weighted by molar-refractivity contribution is 1.46. The van der Waals surface area contributed by atoms with E-state index in [0.29, 0.717) is 0 Å². The minimum Gasteiger partial charge on any atom is -0.285 e. The Morgan fingerprint density at radius 1 is 1.86 bits per heavy atom. The van der Waals surface area contributed by atoms with E-state index in [1.807, 2.05) is 6.26 Å². The van der Waals surface area contributed by atoms with Crippen molar-refractivity contribution in [3.05, 3.63) is 0 Å². The molecule has 7 heavy (non-hydrogen) atoms. The normalized spacial score (nSPS) is 12.1. The summed E-state index contributed by atoms with van der Waals surface area (Å²) in [4.78, 5) is 3.96. The summed E-state index contributed by atoms with van der Waals surface area (Å²) < 4.78 is 0. The topological polar surface area (TPSA) is 12.4 Å². The number of thioether (sulfide) groups is 1. The molecule has 0 rings (SSSR count). The van der Waals surface area contributed by atoms with Gasteiger partial charge in [-0.05, 0) is 6.26 Å². The van der Waals surface area contributed by atoms with Crippen molar-refractivity contribution in [1.82, 2.24) is 0 Å². The van der Waals surface area contributed by atoms with Crippen LogP contribution >= 0.6 is 27.7 Å². The summed E-state index contributed by atoms with van der Waals surface area (Å²) in [6.45, 7) is 0. The number of halogens is 1. The molecule has 0 atom stereocenters. The summed E-state index contributed by atoms with van der Waals surface area (Å²) in [5.74, 6) is 0. The average molecular weight is 182 g/mol. The maximum Gasteiger partial charge on any atom is 0.0775 e. The van der Waals surface area contributed by atoms with Crippen LogP contribution in [0.2, 0.25) is 0 Å². The van der Waals surface area contributed by atoms with Crippen LogP contribution in [-0.4, -0.2) is 23.7 Å². The van der Waals surface area contributed by atoms with Crippen molar-refractivity contribution >= 4 is 32.7 Å². The van der Waals surface area contributed by atoms with Crippen LogP contribution in [0.4, 0.5) is 0 Å². The summed E-state index contributed by atoms with van der Waals surface area (Å²) in [6.07, 6.45) is 2.02. The second kappa shape index (κ2) is 4.65. The van der Waals surface area contributed by atoms with E-state index < -0.39 is 0 Å². The maximum atomic E-state index is 3.96. The van der Waals surface area contributed by atoms with Gasteiger partial charge in [-0.25, -0.2) is 0 Å². The number of aliphatic imine (C=N–C) groups is 1. The van der Waals surface area contributed by atoms with Crippen LogP contribution in [0.5, 0.6) is 0 Å². The Kier molecular flexibility index (Phi) is 4.99. The summed E-state index contributed by atoms with van der Waals surface area (Å²) in [5, 5.41) is 2.02. The van der Waals surface area contributed by atoms with E-state index in [1.54, 1.807) is 18.8 Å². The highest BCUT2D eigenvalue weighted by atomic mass is 79.9. The van der Waals surface area contributed by atoms with Crippen LogP contribution in [0, 0.1) is 0 Å². The van der Waals surface area contributed by atoms with Gasteiger partial charge in [0.25, 0.3) is 0 Å². The molecule has 0 spiro atoms. The average Bonchev–Trinajstić information content (AvgIpc) is 1.72. The molecule has 0 aliphatic heterocycles. The lowest BCUT2D eigenvalue weighted by atomic mass is 10.9. The molecule has 0 amide bonds. The highest BCUT2D eigenvalue weighted by molar-refractivity contribution is 9.09. The van der Waals surface area contributed by atoms with Gasteiger partial charge in [0.1, 0.15) is 0 Å². The molecule has 0 aromatic heterocycles. The maximum absolute atomic E-state index is 3.96.